The summed E-state index contributed by atoms with van der Waals surface area (Å²) in [5, 5.41) is 10.4. The number of ether oxygens (including phenoxy) is 1. The molecule has 0 saturated carbocycles. The van der Waals surface area contributed by atoms with Crippen molar-refractivity contribution in [3.63, 3.8) is 0 Å². The molecule has 0 aliphatic heterocycles. The van der Waals surface area contributed by atoms with E-state index in [1.807, 2.05) is 4.98 Å². The van der Waals surface area contributed by atoms with Gasteiger partial charge in [-0.1, -0.05) is 0 Å². The van der Waals surface area contributed by atoms with Crippen LogP contribution in [-0.2, 0) is 6.54 Å². The van der Waals surface area contributed by atoms with Gasteiger partial charge in [0.15, 0.2) is 0 Å². The molecule has 0 bridgehead atoms. The molecule has 0 aliphatic carbocycles. The van der Waals surface area contributed by atoms with Crippen molar-refractivity contribution >= 4 is 5.82 Å². The lowest BCUT2D eigenvalue weighted by molar-refractivity contribution is -0.393. The first-order valence-corrected chi connectivity index (χ1v) is 4.11. The maximum absolute atomic E-state index is 12.0. The van der Waals surface area contributed by atoms with E-state index in [-0.39, 0.29) is 12.1 Å². The Morgan fingerprint density at radius 1 is 1.53 bits per heavy atom. The van der Waals surface area contributed by atoms with E-state index in [9.17, 15) is 28.1 Å². The van der Waals surface area contributed by atoms with Crippen molar-refractivity contribution in [2.45, 2.75) is 12.9 Å². The number of hydrogen-bond acceptors (Lipinski definition) is 5. The fourth-order valence-electron chi connectivity index (χ4n) is 1.04. The molecule has 0 aromatic carbocycles. The van der Waals surface area contributed by atoms with E-state index in [0.29, 0.717) is 0 Å². The summed E-state index contributed by atoms with van der Waals surface area (Å²) in [4.78, 5) is 22.5. The molecular weight excluding hydrogens is 247 g/mol. The van der Waals surface area contributed by atoms with Crippen LogP contribution in [-0.4, -0.2) is 16.3 Å². The Morgan fingerprint density at radius 3 is 2.53 bits per heavy atom. The second-order valence-corrected chi connectivity index (χ2v) is 2.83. The number of H-pyrrole nitrogens is 1. The average Bonchev–Trinajstić information content (AvgIpc) is 2.18. The summed E-state index contributed by atoms with van der Waals surface area (Å²) in [5.41, 5.74) is 3.56. The summed E-state index contributed by atoms with van der Waals surface area (Å²) < 4.78 is 39.2. The first kappa shape index (κ1) is 13.0. The number of alkyl halides is 3. The summed E-state index contributed by atoms with van der Waals surface area (Å²) in [6.07, 6.45) is -4.34. The number of nitrogens with zero attached hydrogens (tertiary/aromatic N) is 1. The van der Waals surface area contributed by atoms with Crippen LogP contribution in [0.25, 0.3) is 0 Å². The van der Waals surface area contributed by atoms with E-state index >= 15 is 0 Å². The zero-order valence-electron chi connectivity index (χ0n) is 8.08. The molecule has 7 nitrogen and oxygen atoms in total. The highest BCUT2D eigenvalue weighted by atomic mass is 19.4. The normalized spacial score (nSPS) is 11.3. The molecule has 1 aromatic heterocycles. The molecule has 1 aromatic rings. The van der Waals surface area contributed by atoms with E-state index < -0.39 is 28.3 Å². The van der Waals surface area contributed by atoms with E-state index in [0.717, 1.165) is 6.20 Å². The van der Waals surface area contributed by atoms with Gasteiger partial charge in [0.2, 0.25) is 5.43 Å². The number of aromatic amines is 1. The molecule has 17 heavy (non-hydrogen) atoms. The van der Waals surface area contributed by atoms with Crippen molar-refractivity contribution in [3.8, 4) is 5.75 Å². The van der Waals surface area contributed by atoms with Gasteiger partial charge in [-0.05, 0) is 4.92 Å². The smallest absolute Gasteiger partial charge is 0.392 e. The Hall–Kier alpha value is -2.10. The monoisotopic (exact) mass is 253 g/mol. The Labute approximate surface area is 91.1 Å². The Kier molecular flexibility index (Phi) is 3.36. The average molecular weight is 253 g/mol. The third-order valence-electron chi connectivity index (χ3n) is 1.72. The second kappa shape index (κ2) is 4.41. The maximum atomic E-state index is 12.0. The molecule has 3 N–H and O–H groups in total. The largest absolute Gasteiger partial charge is 0.573 e. The number of rotatable bonds is 3. The van der Waals surface area contributed by atoms with Crippen molar-refractivity contribution in [3.05, 3.63) is 32.1 Å². The molecule has 0 radical (unpaired) electrons. The van der Waals surface area contributed by atoms with E-state index in [4.69, 9.17) is 5.73 Å². The lowest BCUT2D eigenvalue weighted by Crippen LogP contribution is -2.25. The minimum atomic E-state index is -5.20. The molecule has 1 rings (SSSR count). The third-order valence-corrected chi connectivity index (χ3v) is 1.72. The highest BCUT2D eigenvalue weighted by Gasteiger charge is 2.36. The summed E-state index contributed by atoms with van der Waals surface area (Å²) in [6.45, 7) is -0.373. The van der Waals surface area contributed by atoms with Gasteiger partial charge in [0.05, 0.1) is 11.8 Å². The van der Waals surface area contributed by atoms with E-state index in [1.165, 1.54) is 0 Å². The Bertz CT molecular complexity index is 496. The molecule has 10 heteroatoms. The number of nitrogens with two attached hydrogens (primary N) is 1. The second-order valence-electron chi connectivity index (χ2n) is 2.83. The number of aromatic nitrogens is 1. The quantitative estimate of drug-likeness (QED) is 0.606. The van der Waals surface area contributed by atoms with Crippen molar-refractivity contribution in [1.29, 1.82) is 0 Å². The van der Waals surface area contributed by atoms with Crippen LogP contribution in [0.2, 0.25) is 0 Å². The van der Waals surface area contributed by atoms with E-state index in [2.05, 4.69) is 4.74 Å². The van der Waals surface area contributed by atoms with E-state index in [1.54, 1.807) is 0 Å². The fourth-order valence-corrected chi connectivity index (χ4v) is 1.04. The molecule has 0 amide bonds. The molecule has 0 aliphatic rings. The lowest BCUT2D eigenvalue weighted by Gasteiger charge is -2.09. The van der Waals surface area contributed by atoms with Gasteiger partial charge in [-0.2, -0.15) is 0 Å². The standard InChI is InChI=1S/C7H6F3N3O4/c8-7(9,10)17-5-4(14)3(1-11)2-12-6(5)13(15)16/h2H,1,11H2,(H,12,14). The number of hydrogen-bond donors (Lipinski definition) is 2. The van der Waals surface area contributed by atoms with Crippen LogP contribution in [0.1, 0.15) is 5.56 Å². The molecular formula is C7H6F3N3O4. The zero-order chi connectivity index (χ0) is 13.2. The lowest BCUT2D eigenvalue weighted by atomic mass is 10.2. The van der Waals surface area contributed by atoms with Gasteiger partial charge in [-0.25, -0.2) is 4.98 Å². The molecule has 0 spiro atoms. The predicted molar refractivity (Wildman–Crippen MR) is 48.3 cm³/mol. The highest BCUT2D eigenvalue weighted by Crippen LogP contribution is 2.26. The first-order valence-electron chi connectivity index (χ1n) is 4.11. The number of nitrogens with one attached hydrogen (secondary N) is 1. The van der Waals surface area contributed by atoms with Gasteiger partial charge in [0.1, 0.15) is 0 Å². The van der Waals surface area contributed by atoms with Crippen molar-refractivity contribution in [1.82, 2.24) is 4.98 Å². The van der Waals surface area contributed by atoms with Gasteiger partial charge in [-0.15, -0.1) is 13.2 Å². The minimum Gasteiger partial charge on any atom is -0.392 e. The van der Waals surface area contributed by atoms with Crippen LogP contribution in [0, 0.1) is 10.1 Å². The van der Waals surface area contributed by atoms with Crippen LogP contribution >= 0.6 is 0 Å². The molecule has 94 valence electrons. The summed E-state index contributed by atoms with van der Waals surface area (Å²) in [5.74, 6) is -2.60. The van der Waals surface area contributed by atoms with Crippen LogP contribution in [0.15, 0.2) is 11.0 Å². The summed E-state index contributed by atoms with van der Waals surface area (Å²) in [7, 11) is 0. The van der Waals surface area contributed by atoms with Gasteiger partial charge in [0, 0.05) is 6.54 Å². The molecule has 0 atom stereocenters. The van der Waals surface area contributed by atoms with Crippen molar-refractivity contribution in [2.24, 2.45) is 5.73 Å². The zero-order valence-corrected chi connectivity index (χ0v) is 8.08. The van der Waals surface area contributed by atoms with Crippen LogP contribution < -0.4 is 15.9 Å². The van der Waals surface area contributed by atoms with Crippen molar-refractivity contribution < 1.29 is 22.8 Å². The Morgan fingerprint density at radius 2 is 2.12 bits per heavy atom. The highest BCUT2D eigenvalue weighted by molar-refractivity contribution is 5.41. The predicted octanol–water partition coefficient (Wildman–Crippen LogP) is 0.640. The van der Waals surface area contributed by atoms with Gasteiger partial charge in [0.25, 0.3) is 5.75 Å². The number of nitro groups is 1. The summed E-state index contributed by atoms with van der Waals surface area (Å²) >= 11 is 0. The van der Waals surface area contributed by atoms with Gasteiger partial charge < -0.3 is 20.6 Å². The van der Waals surface area contributed by atoms with Crippen LogP contribution in [0.5, 0.6) is 5.75 Å². The van der Waals surface area contributed by atoms with Crippen LogP contribution in [0.4, 0.5) is 19.0 Å². The molecule has 0 fully saturated rings. The topological polar surface area (TPSA) is 111 Å². The first-order chi connectivity index (χ1) is 7.76. The SMILES string of the molecule is NCc1c[nH]c([N+](=O)[O-])c(OC(F)(F)F)c1=O. The van der Waals surface area contributed by atoms with Gasteiger partial charge in [-0.3, -0.25) is 4.79 Å². The summed E-state index contributed by atoms with van der Waals surface area (Å²) in [6, 6.07) is 0. The van der Waals surface area contributed by atoms with Gasteiger partial charge >= 0.3 is 12.2 Å². The minimum absolute atomic E-state index is 0.255. The molecule has 0 saturated heterocycles. The number of pyridine rings is 1. The molecule has 0 unspecified atom stereocenters. The maximum Gasteiger partial charge on any atom is 0.573 e. The number of halogens is 3. The Balaban J connectivity index is 3.41. The molecule has 1 heterocycles. The third kappa shape index (κ3) is 2.93. The van der Waals surface area contributed by atoms with Crippen LogP contribution in [0.3, 0.4) is 0 Å². The van der Waals surface area contributed by atoms with Crippen molar-refractivity contribution in [2.75, 3.05) is 0 Å². The fraction of sp³-hybridized carbons (Fsp3) is 0.286.